The Hall–Kier alpha value is -5.05. The summed E-state index contributed by atoms with van der Waals surface area (Å²) >= 11 is 0. The molecule has 0 radical (unpaired) electrons. The summed E-state index contributed by atoms with van der Waals surface area (Å²) in [6.45, 7) is 15.8. The molecule has 0 atom stereocenters. The van der Waals surface area contributed by atoms with Gasteiger partial charge in [0, 0.05) is 46.1 Å². The van der Waals surface area contributed by atoms with Gasteiger partial charge in [0.05, 0.1) is 17.1 Å². The highest BCUT2D eigenvalue weighted by Crippen LogP contribution is 2.36. The summed E-state index contributed by atoms with van der Waals surface area (Å²) < 4.78 is 0. The summed E-state index contributed by atoms with van der Waals surface area (Å²) in [5.41, 5.74) is 12.0. The predicted molar refractivity (Wildman–Crippen MR) is 166 cm³/mol. The number of aliphatic carboxylic acids is 2. The van der Waals surface area contributed by atoms with E-state index in [-0.39, 0.29) is 12.8 Å². The summed E-state index contributed by atoms with van der Waals surface area (Å²) in [4.78, 5) is 44.6. The van der Waals surface area contributed by atoms with Gasteiger partial charge >= 0.3 is 11.9 Å². The molecule has 8 bridgehead atoms. The highest BCUT2D eigenvalue weighted by atomic mass is 16.4. The Balaban J connectivity index is 1.94. The molecule has 0 spiro atoms. The topological polar surface area (TPSA) is 145 Å². The molecular weight excluding hydrogens is 530 g/mol. The zero-order chi connectivity index (χ0) is 30.3. The number of nitrogens with zero attached hydrogens (tertiary/aromatic N) is 3. The van der Waals surface area contributed by atoms with Crippen molar-refractivity contribution in [1.82, 2.24) is 24.9 Å². The normalized spacial score (nSPS) is 13.0. The maximum atomic E-state index is 11.5. The molecule has 5 heterocycles. The third-order valence-corrected chi connectivity index (χ3v) is 8.04. The molecular formula is C33H33N5O4. The summed E-state index contributed by atoms with van der Waals surface area (Å²) in [6.07, 6.45) is 4.08. The number of hydrogen-bond acceptors (Lipinski definition) is 5. The molecule has 5 rings (SSSR count). The number of carboxylic acids is 2. The Morgan fingerprint density at radius 1 is 0.762 bits per heavy atom. The summed E-state index contributed by atoms with van der Waals surface area (Å²) in [5, 5.41) is 18.9. The number of carboxylic acid groups (broad SMARTS) is 2. The molecule has 0 aromatic carbocycles. The van der Waals surface area contributed by atoms with Crippen molar-refractivity contribution in [1.29, 1.82) is 0 Å². The number of allylic oxidation sites excluding steroid dienone is 5. The van der Waals surface area contributed by atoms with Gasteiger partial charge in [-0.15, -0.1) is 0 Å². The average Bonchev–Trinajstić information content (AvgIpc) is 3.59. The molecule has 0 aliphatic carbocycles. The number of nitrogens with one attached hydrogen (secondary N) is 2. The van der Waals surface area contributed by atoms with Gasteiger partial charge in [-0.1, -0.05) is 25.3 Å². The van der Waals surface area contributed by atoms with Gasteiger partial charge < -0.3 is 20.2 Å². The molecule has 214 valence electrons. The molecule has 0 unspecified atom stereocenters. The largest absolute Gasteiger partial charge is 0.481 e. The number of aromatic amines is 2. The van der Waals surface area contributed by atoms with E-state index in [1.165, 1.54) is 0 Å². The van der Waals surface area contributed by atoms with Crippen molar-refractivity contribution < 1.29 is 19.8 Å². The lowest BCUT2D eigenvalue weighted by Crippen LogP contribution is -1.98. The van der Waals surface area contributed by atoms with Crippen molar-refractivity contribution in [2.45, 2.75) is 53.4 Å². The Bertz CT molecular complexity index is 1920. The zero-order valence-electron chi connectivity index (χ0n) is 24.2. The maximum Gasteiger partial charge on any atom is 0.303 e. The van der Waals surface area contributed by atoms with E-state index in [1.54, 1.807) is 12.2 Å². The second-order valence-electron chi connectivity index (χ2n) is 10.6. The first kappa shape index (κ1) is 28.5. The van der Waals surface area contributed by atoms with Crippen LogP contribution in [0.4, 0.5) is 0 Å². The number of aryl methyl sites for hydroxylation is 3. The third-order valence-electron chi connectivity index (χ3n) is 8.04. The lowest BCUT2D eigenvalue weighted by molar-refractivity contribution is -0.137. The van der Waals surface area contributed by atoms with Crippen molar-refractivity contribution in [3.8, 4) is 0 Å². The fraction of sp³-hybridized carbons (Fsp3) is 0.242. The first-order valence-electron chi connectivity index (χ1n) is 13.7. The van der Waals surface area contributed by atoms with Gasteiger partial charge in [-0.05, 0) is 86.6 Å². The van der Waals surface area contributed by atoms with E-state index >= 15 is 0 Å². The van der Waals surface area contributed by atoms with Crippen LogP contribution < -0.4 is 0 Å². The van der Waals surface area contributed by atoms with Crippen LogP contribution in [0.1, 0.15) is 78.3 Å². The van der Waals surface area contributed by atoms with Gasteiger partial charge in [-0.3, -0.25) is 9.59 Å². The molecule has 2 aliphatic rings. The van der Waals surface area contributed by atoms with Crippen LogP contribution in [0.15, 0.2) is 37.4 Å². The van der Waals surface area contributed by atoms with Crippen LogP contribution in [-0.2, 0) is 16.0 Å². The smallest absolute Gasteiger partial charge is 0.303 e. The molecule has 0 amide bonds. The molecule has 9 heteroatoms. The number of H-pyrrole nitrogens is 2. The van der Waals surface area contributed by atoms with Crippen molar-refractivity contribution in [3.63, 3.8) is 0 Å². The minimum absolute atomic E-state index is 0.0322. The molecule has 2 aliphatic heterocycles. The summed E-state index contributed by atoms with van der Waals surface area (Å²) in [5.74, 6) is -1.25. The van der Waals surface area contributed by atoms with Gasteiger partial charge in [0.15, 0.2) is 5.82 Å². The molecule has 3 aromatic rings. The van der Waals surface area contributed by atoms with Crippen LogP contribution in [-0.4, -0.2) is 47.1 Å². The van der Waals surface area contributed by atoms with Gasteiger partial charge in [0.25, 0.3) is 0 Å². The Morgan fingerprint density at radius 3 is 2.12 bits per heavy atom. The molecule has 4 N–H and O–H groups in total. The number of hydrogen-bond donors (Lipinski definition) is 4. The average molecular weight is 564 g/mol. The Morgan fingerprint density at radius 2 is 1.45 bits per heavy atom. The first-order chi connectivity index (χ1) is 20.0. The number of fused-ring (bicyclic) bond motifs is 8. The van der Waals surface area contributed by atoms with E-state index in [1.807, 2.05) is 45.9 Å². The van der Waals surface area contributed by atoms with E-state index in [9.17, 15) is 19.8 Å². The lowest BCUT2D eigenvalue weighted by Gasteiger charge is -2.03. The van der Waals surface area contributed by atoms with Gasteiger partial charge in [-0.25, -0.2) is 15.0 Å². The lowest BCUT2D eigenvalue weighted by atomic mass is 10.00. The van der Waals surface area contributed by atoms with Crippen LogP contribution in [0.25, 0.3) is 50.6 Å². The Kier molecular flexibility index (Phi) is 7.51. The summed E-state index contributed by atoms with van der Waals surface area (Å²) in [6, 6.07) is 5.77. The number of rotatable bonds is 8. The van der Waals surface area contributed by atoms with Gasteiger partial charge in [0.1, 0.15) is 5.65 Å². The molecule has 0 fully saturated rings. The molecule has 9 nitrogen and oxygen atoms in total. The maximum absolute atomic E-state index is 11.5. The molecule has 3 aromatic heterocycles. The van der Waals surface area contributed by atoms with Crippen molar-refractivity contribution in [2.75, 3.05) is 0 Å². The van der Waals surface area contributed by atoms with E-state index in [2.05, 4.69) is 23.1 Å². The minimum Gasteiger partial charge on any atom is -0.481 e. The van der Waals surface area contributed by atoms with Crippen LogP contribution in [0.5, 0.6) is 0 Å². The van der Waals surface area contributed by atoms with E-state index in [0.717, 1.165) is 61.1 Å². The van der Waals surface area contributed by atoms with Crippen molar-refractivity contribution in [2.24, 2.45) is 0 Å². The highest BCUT2D eigenvalue weighted by molar-refractivity contribution is 5.97. The predicted octanol–water partition coefficient (Wildman–Crippen LogP) is 6.90. The van der Waals surface area contributed by atoms with Gasteiger partial charge in [-0.2, -0.15) is 0 Å². The van der Waals surface area contributed by atoms with Crippen LogP contribution in [0.2, 0.25) is 0 Å². The van der Waals surface area contributed by atoms with Gasteiger partial charge in [0.2, 0.25) is 0 Å². The van der Waals surface area contributed by atoms with E-state index < -0.39 is 11.9 Å². The second-order valence-corrected chi connectivity index (χ2v) is 10.6. The first-order valence-corrected chi connectivity index (χ1v) is 13.7. The van der Waals surface area contributed by atoms with Crippen LogP contribution in [0.3, 0.4) is 0 Å². The molecule has 42 heavy (non-hydrogen) atoms. The van der Waals surface area contributed by atoms with Crippen LogP contribution >= 0.6 is 0 Å². The Labute approximate surface area is 243 Å². The molecule has 0 saturated carbocycles. The molecule has 0 saturated heterocycles. The van der Waals surface area contributed by atoms with Crippen molar-refractivity contribution in [3.05, 3.63) is 82.6 Å². The summed E-state index contributed by atoms with van der Waals surface area (Å²) in [7, 11) is 0. The van der Waals surface area contributed by atoms with E-state index in [0.29, 0.717) is 41.4 Å². The van der Waals surface area contributed by atoms with Crippen molar-refractivity contribution >= 4 is 62.5 Å². The monoisotopic (exact) mass is 563 g/mol. The second kappa shape index (κ2) is 11.1. The van der Waals surface area contributed by atoms with Crippen LogP contribution in [0, 0.1) is 13.8 Å². The third kappa shape index (κ3) is 5.09. The SMILES string of the molecule is C=CC1=C(C)c2cc3nc(cc4[nH]c(cc5[nH]c(nc1n2)c(C)c5C=C)c(C)c4CCC(=O)O)C(CCC(=O)O)=C3C. The quantitative estimate of drug-likeness (QED) is 0.233. The van der Waals surface area contributed by atoms with E-state index in [4.69, 9.17) is 15.0 Å². The highest BCUT2D eigenvalue weighted by Gasteiger charge is 2.22. The number of carbonyl (C=O) groups is 2. The number of aromatic nitrogens is 5. The minimum atomic E-state index is -0.894. The zero-order valence-corrected chi connectivity index (χ0v) is 24.2. The fourth-order valence-electron chi connectivity index (χ4n) is 5.59. The standard InChI is InChI=1S/C33H33N5O4/c1-7-20-19(6)32-37-27(20)14-25-18(5)23(10-12-31(41)42)29(35-25)15-28-22(9-11-30(39)40)17(4)24(34-28)13-26-16(3)21(8-2)33(36-26)38-32/h7-8,13-15,35H,1-2,9-12H2,3-6H3,(H,39,40)(H,41,42)(H,36,37,38). The fourth-order valence-corrected chi connectivity index (χ4v) is 5.59.